The molecule has 1 aromatic heterocycles. The first-order valence-corrected chi connectivity index (χ1v) is 7.76. The van der Waals surface area contributed by atoms with Crippen molar-refractivity contribution < 1.29 is 19.9 Å². The molecule has 0 radical (unpaired) electrons. The molecule has 0 fully saturated rings. The van der Waals surface area contributed by atoms with E-state index in [0.717, 1.165) is 16.6 Å². The molecule has 1 heterocycles. The van der Waals surface area contributed by atoms with Crippen LogP contribution in [-0.4, -0.2) is 24.9 Å². The SMILES string of the molecule is N#CCc1ccc2ccccc2n1.O=[N+]([O-])c1cc([N+](=O)[O-])c(O)c([N+](=O)[O-])c1. The zero-order valence-electron chi connectivity index (χ0n) is 14.5. The molecule has 0 aliphatic carbocycles. The molecule has 1 N–H and O–H groups in total. The number of nitro groups is 3. The number of aromatic hydroxyl groups is 1. The molecule has 0 aliphatic rings. The van der Waals surface area contributed by atoms with Crippen LogP contribution >= 0.6 is 0 Å². The number of hydrogen-bond acceptors (Lipinski definition) is 9. The first-order chi connectivity index (χ1) is 13.7. The van der Waals surface area contributed by atoms with Gasteiger partial charge in [0.15, 0.2) is 0 Å². The van der Waals surface area contributed by atoms with Crippen molar-refractivity contribution in [3.63, 3.8) is 0 Å². The van der Waals surface area contributed by atoms with Gasteiger partial charge in [-0.25, -0.2) is 0 Å². The molecule has 0 spiro atoms. The molecule has 3 rings (SSSR count). The van der Waals surface area contributed by atoms with E-state index < -0.39 is 37.6 Å². The highest BCUT2D eigenvalue weighted by molar-refractivity contribution is 5.78. The van der Waals surface area contributed by atoms with Crippen molar-refractivity contribution in [2.24, 2.45) is 0 Å². The van der Waals surface area contributed by atoms with Gasteiger partial charge in [-0.3, -0.25) is 35.3 Å². The van der Waals surface area contributed by atoms with Crippen LogP contribution in [0.4, 0.5) is 17.1 Å². The molecular weight excluding hydrogens is 386 g/mol. The van der Waals surface area contributed by atoms with E-state index in [1.165, 1.54) is 0 Å². The monoisotopic (exact) mass is 397 g/mol. The van der Waals surface area contributed by atoms with E-state index in [-0.39, 0.29) is 0 Å². The van der Waals surface area contributed by atoms with Gasteiger partial charge in [0.2, 0.25) is 0 Å². The Hall–Kier alpha value is -4.66. The summed E-state index contributed by atoms with van der Waals surface area (Å²) in [6.07, 6.45) is 0.380. The number of para-hydroxylation sites is 1. The molecule has 12 nitrogen and oxygen atoms in total. The van der Waals surface area contributed by atoms with Crippen LogP contribution in [0.25, 0.3) is 10.9 Å². The number of aromatic nitrogens is 1. The fraction of sp³-hybridized carbons (Fsp3) is 0.0588. The van der Waals surface area contributed by atoms with Gasteiger partial charge in [-0.15, -0.1) is 0 Å². The van der Waals surface area contributed by atoms with E-state index in [4.69, 9.17) is 10.4 Å². The Bertz CT molecular complexity index is 1120. The van der Waals surface area contributed by atoms with Crippen molar-refractivity contribution in [3.05, 3.63) is 84.6 Å². The third kappa shape index (κ3) is 4.95. The van der Waals surface area contributed by atoms with Crippen LogP contribution < -0.4 is 0 Å². The van der Waals surface area contributed by atoms with Crippen LogP contribution in [0.5, 0.6) is 5.75 Å². The fourth-order valence-electron chi connectivity index (χ4n) is 2.26. The lowest BCUT2D eigenvalue weighted by Crippen LogP contribution is -1.97. The van der Waals surface area contributed by atoms with E-state index in [2.05, 4.69) is 11.1 Å². The molecule has 0 aliphatic heterocycles. The second-order valence-corrected chi connectivity index (χ2v) is 5.43. The van der Waals surface area contributed by atoms with Gasteiger partial charge in [-0.05, 0) is 12.1 Å². The van der Waals surface area contributed by atoms with E-state index in [9.17, 15) is 30.3 Å². The largest absolute Gasteiger partial charge is 0.497 e. The van der Waals surface area contributed by atoms with Gasteiger partial charge in [-0.1, -0.05) is 24.3 Å². The van der Waals surface area contributed by atoms with Crippen molar-refractivity contribution in [3.8, 4) is 11.8 Å². The predicted molar refractivity (Wildman–Crippen MR) is 99.1 cm³/mol. The summed E-state index contributed by atoms with van der Waals surface area (Å²) in [5, 5.41) is 49.8. The van der Waals surface area contributed by atoms with Crippen molar-refractivity contribution in [1.29, 1.82) is 5.26 Å². The van der Waals surface area contributed by atoms with Gasteiger partial charge >= 0.3 is 11.4 Å². The number of rotatable bonds is 4. The van der Waals surface area contributed by atoms with Crippen LogP contribution in [0.2, 0.25) is 0 Å². The minimum Gasteiger partial charge on any atom is -0.497 e. The summed E-state index contributed by atoms with van der Waals surface area (Å²) in [6, 6.07) is 14.8. The highest BCUT2D eigenvalue weighted by Gasteiger charge is 2.30. The Kier molecular flexibility index (Phi) is 6.28. The molecule has 146 valence electrons. The molecule has 12 heteroatoms. The third-order valence-corrected chi connectivity index (χ3v) is 3.57. The topological polar surface area (TPSA) is 186 Å². The maximum Gasteiger partial charge on any atom is 0.324 e. The number of phenols is 1. The fourth-order valence-corrected chi connectivity index (χ4v) is 2.26. The average Bonchev–Trinajstić information content (AvgIpc) is 2.68. The first-order valence-electron chi connectivity index (χ1n) is 7.76. The van der Waals surface area contributed by atoms with Gasteiger partial charge in [-0.2, -0.15) is 5.26 Å². The molecule has 29 heavy (non-hydrogen) atoms. The lowest BCUT2D eigenvalue weighted by molar-refractivity contribution is -0.404. The number of pyridine rings is 1. The van der Waals surface area contributed by atoms with Crippen molar-refractivity contribution in [2.45, 2.75) is 6.42 Å². The molecule has 0 saturated heterocycles. The van der Waals surface area contributed by atoms with Crippen LogP contribution in [0.15, 0.2) is 48.5 Å². The molecule has 0 bridgehead atoms. The number of fused-ring (bicyclic) bond motifs is 1. The molecule has 0 atom stereocenters. The molecule has 0 amide bonds. The Balaban J connectivity index is 0.000000211. The summed E-state index contributed by atoms with van der Waals surface area (Å²) in [6.45, 7) is 0. The van der Waals surface area contributed by atoms with Gasteiger partial charge < -0.3 is 5.11 Å². The lowest BCUT2D eigenvalue weighted by Gasteiger charge is -1.97. The van der Waals surface area contributed by atoms with Crippen molar-refractivity contribution in [2.75, 3.05) is 0 Å². The number of nitriles is 1. The van der Waals surface area contributed by atoms with Gasteiger partial charge in [0.1, 0.15) is 0 Å². The summed E-state index contributed by atoms with van der Waals surface area (Å²) in [7, 11) is 0. The van der Waals surface area contributed by atoms with Crippen LogP contribution in [0.3, 0.4) is 0 Å². The van der Waals surface area contributed by atoms with Crippen molar-refractivity contribution >= 4 is 28.0 Å². The molecule has 3 aromatic rings. The van der Waals surface area contributed by atoms with Crippen LogP contribution in [0, 0.1) is 41.7 Å². The highest BCUT2D eigenvalue weighted by atomic mass is 16.6. The summed E-state index contributed by atoms with van der Waals surface area (Å²) >= 11 is 0. The van der Waals surface area contributed by atoms with Gasteiger partial charge in [0, 0.05) is 5.39 Å². The third-order valence-electron chi connectivity index (χ3n) is 3.57. The molecular formula is C17H11N5O7. The standard InChI is InChI=1S/C11H8N2.C6H3N3O7/c12-8-7-10-6-5-9-3-1-2-4-11(9)13-10;10-6-4(8(13)14)1-3(7(11)12)2-5(6)9(15)16/h1-6H,7H2;1-2,10H. The van der Waals surface area contributed by atoms with Crippen LogP contribution in [0.1, 0.15) is 5.69 Å². The van der Waals surface area contributed by atoms with E-state index in [1.807, 2.05) is 36.4 Å². The van der Waals surface area contributed by atoms with E-state index >= 15 is 0 Å². The average molecular weight is 397 g/mol. The van der Waals surface area contributed by atoms with Crippen LogP contribution in [-0.2, 0) is 6.42 Å². The normalized spacial score (nSPS) is 9.76. The molecule has 0 saturated carbocycles. The molecule has 0 unspecified atom stereocenters. The van der Waals surface area contributed by atoms with Gasteiger partial charge in [0.25, 0.3) is 11.4 Å². The predicted octanol–water partition coefficient (Wildman–Crippen LogP) is 3.42. The number of non-ortho nitro benzene ring substituents is 1. The first kappa shape index (κ1) is 20.6. The summed E-state index contributed by atoms with van der Waals surface area (Å²) < 4.78 is 0. The maximum atomic E-state index is 10.4. The summed E-state index contributed by atoms with van der Waals surface area (Å²) in [5.41, 5.74) is -1.21. The van der Waals surface area contributed by atoms with E-state index in [0.29, 0.717) is 18.6 Å². The zero-order chi connectivity index (χ0) is 21.6. The number of hydrogen-bond donors (Lipinski definition) is 1. The maximum absolute atomic E-state index is 10.4. The summed E-state index contributed by atoms with van der Waals surface area (Å²) in [5.74, 6) is -1.21. The quantitative estimate of drug-likeness (QED) is 0.508. The minimum absolute atomic E-state index is 0.380. The Labute approximate surface area is 161 Å². The van der Waals surface area contributed by atoms with Crippen molar-refractivity contribution in [1.82, 2.24) is 4.98 Å². The smallest absolute Gasteiger partial charge is 0.324 e. The van der Waals surface area contributed by atoms with Gasteiger partial charge in [0.05, 0.1) is 50.6 Å². The summed E-state index contributed by atoms with van der Waals surface area (Å²) in [4.78, 5) is 32.1. The Morgan fingerprint density at radius 3 is 2.03 bits per heavy atom. The second kappa shape index (κ2) is 8.82. The number of benzene rings is 2. The number of nitrogens with zero attached hydrogens (tertiary/aromatic N) is 5. The molecule has 2 aromatic carbocycles. The number of nitro benzene ring substituents is 3. The number of phenolic OH excluding ortho intramolecular Hbond substituents is 1. The Morgan fingerprint density at radius 2 is 1.52 bits per heavy atom. The lowest BCUT2D eigenvalue weighted by atomic mass is 10.2. The second-order valence-electron chi connectivity index (χ2n) is 5.43. The highest BCUT2D eigenvalue weighted by Crippen LogP contribution is 2.38. The zero-order valence-corrected chi connectivity index (χ0v) is 14.5. The minimum atomic E-state index is -1.21. The van der Waals surface area contributed by atoms with E-state index in [1.54, 1.807) is 0 Å². The Morgan fingerprint density at radius 1 is 0.931 bits per heavy atom.